The maximum atomic E-state index is 12.8. The van der Waals surface area contributed by atoms with E-state index in [9.17, 15) is 14.9 Å². The fourth-order valence-corrected chi connectivity index (χ4v) is 3.42. The number of fused-ring (bicyclic) bond motifs is 1. The van der Waals surface area contributed by atoms with Gasteiger partial charge in [0.05, 0.1) is 23.1 Å². The molecule has 8 heteroatoms. The lowest BCUT2D eigenvalue weighted by molar-refractivity contribution is -0.385. The van der Waals surface area contributed by atoms with Crippen LogP contribution in [-0.2, 0) is 6.54 Å². The second kappa shape index (κ2) is 6.48. The van der Waals surface area contributed by atoms with E-state index in [1.807, 2.05) is 18.4 Å². The summed E-state index contributed by atoms with van der Waals surface area (Å²) in [6, 6.07) is 4.52. The van der Waals surface area contributed by atoms with Gasteiger partial charge in [0, 0.05) is 18.0 Å². The molecule has 0 saturated carbocycles. The highest BCUT2D eigenvalue weighted by Gasteiger charge is 2.27. The van der Waals surface area contributed by atoms with Gasteiger partial charge >= 0.3 is 0 Å². The molecule has 0 spiro atoms. The summed E-state index contributed by atoms with van der Waals surface area (Å²) >= 11 is 1.57. The van der Waals surface area contributed by atoms with Crippen molar-refractivity contribution in [1.29, 1.82) is 0 Å². The van der Waals surface area contributed by atoms with Gasteiger partial charge in [0.1, 0.15) is 13.2 Å². The van der Waals surface area contributed by atoms with Gasteiger partial charge < -0.3 is 14.4 Å². The number of amides is 1. The summed E-state index contributed by atoms with van der Waals surface area (Å²) in [6.07, 6.45) is 0. The molecular weight excluding hydrogens is 332 g/mol. The van der Waals surface area contributed by atoms with E-state index in [1.54, 1.807) is 18.4 Å². The molecule has 0 radical (unpaired) electrons. The maximum absolute atomic E-state index is 12.8. The first-order chi connectivity index (χ1) is 11.5. The average molecular weight is 348 g/mol. The van der Waals surface area contributed by atoms with Gasteiger partial charge in [-0.25, -0.2) is 0 Å². The number of hydrogen-bond acceptors (Lipinski definition) is 6. The largest absolute Gasteiger partial charge is 0.486 e. The van der Waals surface area contributed by atoms with Crippen molar-refractivity contribution in [2.45, 2.75) is 13.5 Å². The number of nitro groups is 1. The third-order valence-corrected chi connectivity index (χ3v) is 4.77. The molecule has 1 aromatic carbocycles. The second-order valence-corrected chi connectivity index (χ2v) is 6.46. The van der Waals surface area contributed by atoms with E-state index in [0.29, 0.717) is 19.8 Å². The van der Waals surface area contributed by atoms with Crippen molar-refractivity contribution in [2.75, 3.05) is 20.3 Å². The Morgan fingerprint density at radius 1 is 1.38 bits per heavy atom. The zero-order chi connectivity index (χ0) is 17.3. The molecule has 24 heavy (non-hydrogen) atoms. The van der Waals surface area contributed by atoms with E-state index in [4.69, 9.17) is 9.47 Å². The molecule has 1 amide bonds. The number of aryl methyl sites for hydroxylation is 1. The highest BCUT2D eigenvalue weighted by Crippen LogP contribution is 2.38. The number of carbonyl (C=O) groups is 1. The Morgan fingerprint density at radius 3 is 2.79 bits per heavy atom. The minimum Gasteiger partial charge on any atom is -0.486 e. The van der Waals surface area contributed by atoms with E-state index >= 15 is 0 Å². The van der Waals surface area contributed by atoms with Crippen molar-refractivity contribution in [2.24, 2.45) is 0 Å². The molecule has 2 aromatic rings. The van der Waals surface area contributed by atoms with Crippen molar-refractivity contribution < 1.29 is 19.2 Å². The molecule has 1 aliphatic heterocycles. The van der Waals surface area contributed by atoms with E-state index in [0.717, 1.165) is 10.4 Å². The minimum absolute atomic E-state index is 0.149. The van der Waals surface area contributed by atoms with Crippen LogP contribution in [0.25, 0.3) is 0 Å². The number of non-ortho nitro benzene ring substituents is 1. The van der Waals surface area contributed by atoms with Gasteiger partial charge in [-0.15, -0.1) is 11.3 Å². The predicted octanol–water partition coefficient (Wildman–Crippen LogP) is 3.01. The molecule has 0 N–H and O–H groups in total. The smallest absolute Gasteiger partial charge is 0.274 e. The Kier molecular flexibility index (Phi) is 4.39. The van der Waals surface area contributed by atoms with Crippen LogP contribution in [0.3, 0.4) is 0 Å². The highest BCUT2D eigenvalue weighted by molar-refractivity contribution is 7.10. The molecular formula is C16H16N2O5S. The van der Waals surface area contributed by atoms with Gasteiger partial charge in [-0.05, 0) is 23.9 Å². The Labute approximate surface area is 142 Å². The van der Waals surface area contributed by atoms with Crippen LogP contribution in [0.1, 0.15) is 20.8 Å². The van der Waals surface area contributed by atoms with Crippen molar-refractivity contribution in [3.8, 4) is 11.5 Å². The lowest BCUT2D eigenvalue weighted by Crippen LogP contribution is -2.28. The number of benzene rings is 1. The van der Waals surface area contributed by atoms with Gasteiger partial charge in [0.15, 0.2) is 11.5 Å². The number of ether oxygens (including phenoxy) is 2. The summed E-state index contributed by atoms with van der Waals surface area (Å²) in [7, 11) is 1.66. The van der Waals surface area contributed by atoms with Crippen LogP contribution in [0.4, 0.5) is 5.69 Å². The molecule has 0 saturated heterocycles. The third kappa shape index (κ3) is 3.05. The summed E-state index contributed by atoms with van der Waals surface area (Å²) in [5.74, 6) is 0.166. The summed E-state index contributed by atoms with van der Waals surface area (Å²) in [4.78, 5) is 26.0. The Balaban J connectivity index is 1.94. The standard InChI is InChI=1S/C16H16N2O5S/c1-10-3-6-24-14(10)9-17(2)16(19)12-7-11(18(20)21)8-13-15(12)23-5-4-22-13/h3,6-8H,4-5,9H2,1-2H3. The quantitative estimate of drug-likeness (QED) is 0.627. The van der Waals surface area contributed by atoms with Crippen molar-refractivity contribution >= 4 is 22.9 Å². The Hall–Kier alpha value is -2.61. The number of nitro benzene ring substituents is 1. The molecule has 0 bridgehead atoms. The SMILES string of the molecule is Cc1ccsc1CN(C)C(=O)c1cc([N+](=O)[O-])cc2c1OCCO2. The summed E-state index contributed by atoms with van der Waals surface area (Å²) in [6.45, 7) is 3.02. The second-order valence-electron chi connectivity index (χ2n) is 5.46. The van der Waals surface area contributed by atoms with Gasteiger partial charge in [-0.1, -0.05) is 0 Å². The first-order valence-electron chi connectivity index (χ1n) is 7.34. The number of carbonyl (C=O) groups excluding carboxylic acids is 1. The van der Waals surface area contributed by atoms with Crippen LogP contribution >= 0.6 is 11.3 Å². The maximum Gasteiger partial charge on any atom is 0.274 e. The summed E-state index contributed by atoms with van der Waals surface area (Å²) in [5, 5.41) is 13.1. The van der Waals surface area contributed by atoms with E-state index in [-0.39, 0.29) is 28.7 Å². The predicted molar refractivity (Wildman–Crippen MR) is 88.9 cm³/mol. The Morgan fingerprint density at radius 2 is 2.12 bits per heavy atom. The molecule has 0 atom stereocenters. The zero-order valence-electron chi connectivity index (χ0n) is 13.3. The van der Waals surface area contributed by atoms with E-state index in [1.165, 1.54) is 17.0 Å². The minimum atomic E-state index is -0.543. The first kappa shape index (κ1) is 16.3. The van der Waals surface area contributed by atoms with Crippen LogP contribution in [0, 0.1) is 17.0 Å². The number of nitrogens with zero attached hydrogens (tertiary/aromatic N) is 2. The molecule has 2 heterocycles. The molecule has 7 nitrogen and oxygen atoms in total. The lowest BCUT2D eigenvalue weighted by Gasteiger charge is -2.23. The lowest BCUT2D eigenvalue weighted by atomic mass is 10.1. The third-order valence-electron chi connectivity index (χ3n) is 3.76. The molecule has 126 valence electrons. The average Bonchev–Trinajstić information content (AvgIpc) is 2.97. The van der Waals surface area contributed by atoms with Gasteiger partial charge in [-0.2, -0.15) is 0 Å². The fourth-order valence-electron chi connectivity index (χ4n) is 2.46. The molecule has 1 aliphatic rings. The Bertz CT molecular complexity index is 802. The molecule has 3 rings (SSSR count). The van der Waals surface area contributed by atoms with Gasteiger partial charge in [-0.3, -0.25) is 14.9 Å². The fraction of sp³-hybridized carbons (Fsp3) is 0.312. The van der Waals surface area contributed by atoms with Crippen LogP contribution < -0.4 is 9.47 Å². The summed E-state index contributed by atoms with van der Waals surface area (Å²) < 4.78 is 10.9. The molecule has 0 fully saturated rings. The van der Waals surface area contributed by atoms with Gasteiger partial charge in [0.25, 0.3) is 11.6 Å². The molecule has 0 aliphatic carbocycles. The number of thiophene rings is 1. The number of hydrogen-bond donors (Lipinski definition) is 0. The van der Waals surface area contributed by atoms with Crippen LogP contribution in [0.5, 0.6) is 11.5 Å². The van der Waals surface area contributed by atoms with Gasteiger partial charge in [0.2, 0.25) is 0 Å². The zero-order valence-corrected chi connectivity index (χ0v) is 14.1. The van der Waals surface area contributed by atoms with Crippen molar-refractivity contribution in [3.63, 3.8) is 0 Å². The monoisotopic (exact) mass is 348 g/mol. The normalized spacial score (nSPS) is 12.8. The van der Waals surface area contributed by atoms with E-state index in [2.05, 4.69) is 0 Å². The topological polar surface area (TPSA) is 81.9 Å². The summed E-state index contributed by atoms with van der Waals surface area (Å²) in [5.41, 5.74) is 1.07. The van der Waals surface area contributed by atoms with Crippen molar-refractivity contribution in [3.05, 3.63) is 49.7 Å². The molecule has 0 unspecified atom stereocenters. The van der Waals surface area contributed by atoms with E-state index < -0.39 is 4.92 Å². The van der Waals surface area contributed by atoms with Crippen LogP contribution in [-0.4, -0.2) is 36.0 Å². The highest BCUT2D eigenvalue weighted by atomic mass is 32.1. The van der Waals surface area contributed by atoms with Crippen molar-refractivity contribution in [1.82, 2.24) is 4.90 Å². The first-order valence-corrected chi connectivity index (χ1v) is 8.22. The van der Waals surface area contributed by atoms with Crippen LogP contribution in [0.2, 0.25) is 0 Å². The number of rotatable bonds is 4. The molecule has 1 aromatic heterocycles. The van der Waals surface area contributed by atoms with Crippen LogP contribution in [0.15, 0.2) is 23.6 Å².